The predicted octanol–water partition coefficient (Wildman–Crippen LogP) is 2.02. The number of hydrogen-bond donors (Lipinski definition) is 1. The van der Waals surface area contributed by atoms with E-state index in [2.05, 4.69) is 44.8 Å². The van der Waals surface area contributed by atoms with Gasteiger partial charge in [-0.25, -0.2) is 0 Å². The average molecular weight is 240 g/mol. The van der Waals surface area contributed by atoms with E-state index >= 15 is 0 Å². The van der Waals surface area contributed by atoms with Crippen molar-refractivity contribution < 1.29 is 4.74 Å². The van der Waals surface area contributed by atoms with Crippen LogP contribution in [0, 0.1) is 0 Å². The highest BCUT2D eigenvalue weighted by molar-refractivity contribution is 4.92. The maximum atomic E-state index is 6.11. The van der Waals surface area contributed by atoms with Crippen molar-refractivity contribution in [3.05, 3.63) is 0 Å². The Balaban J connectivity index is 1.89. The lowest BCUT2D eigenvalue weighted by molar-refractivity contribution is -0.0404. The summed E-state index contributed by atoms with van der Waals surface area (Å²) >= 11 is 0. The van der Waals surface area contributed by atoms with Crippen LogP contribution in [0.15, 0.2) is 0 Å². The van der Waals surface area contributed by atoms with Gasteiger partial charge in [0.05, 0.1) is 11.7 Å². The van der Waals surface area contributed by atoms with Crippen LogP contribution in [0.25, 0.3) is 0 Å². The third kappa shape index (κ3) is 3.43. The van der Waals surface area contributed by atoms with E-state index in [4.69, 9.17) is 4.74 Å². The highest BCUT2D eigenvalue weighted by Crippen LogP contribution is 2.30. The first-order valence-electron chi connectivity index (χ1n) is 6.94. The second kappa shape index (κ2) is 4.52. The summed E-state index contributed by atoms with van der Waals surface area (Å²) in [6.07, 6.45) is 2.84. The number of ether oxygens (including phenoxy) is 1. The fourth-order valence-corrected chi connectivity index (χ4v) is 2.98. The van der Waals surface area contributed by atoms with E-state index in [0.29, 0.717) is 12.1 Å². The molecule has 0 aliphatic carbocycles. The number of nitrogens with one attached hydrogen (secondary N) is 1. The SMILES string of the molecule is CC1CNC(C)(C)CN1CC1CCC(C)(C)O1. The Hall–Kier alpha value is -0.120. The molecule has 0 aromatic carbocycles. The lowest BCUT2D eigenvalue weighted by Gasteiger charge is -2.44. The molecule has 0 aromatic rings. The summed E-state index contributed by atoms with van der Waals surface area (Å²) in [7, 11) is 0. The van der Waals surface area contributed by atoms with Gasteiger partial charge in [-0.3, -0.25) is 4.90 Å². The van der Waals surface area contributed by atoms with E-state index in [1.165, 1.54) is 12.8 Å². The molecule has 2 aliphatic heterocycles. The second-order valence-electron chi connectivity index (χ2n) is 7.08. The third-order valence-corrected chi connectivity index (χ3v) is 4.09. The molecule has 0 spiro atoms. The fraction of sp³-hybridized carbons (Fsp3) is 1.00. The van der Waals surface area contributed by atoms with Crippen LogP contribution in [0.5, 0.6) is 0 Å². The van der Waals surface area contributed by atoms with E-state index in [-0.39, 0.29) is 11.1 Å². The van der Waals surface area contributed by atoms with E-state index in [0.717, 1.165) is 19.6 Å². The topological polar surface area (TPSA) is 24.5 Å². The van der Waals surface area contributed by atoms with Gasteiger partial charge < -0.3 is 10.1 Å². The number of hydrogen-bond acceptors (Lipinski definition) is 3. The predicted molar refractivity (Wildman–Crippen MR) is 71.3 cm³/mol. The molecule has 3 nitrogen and oxygen atoms in total. The Bertz CT molecular complexity index is 275. The van der Waals surface area contributed by atoms with E-state index in [1.54, 1.807) is 0 Å². The molecule has 3 heteroatoms. The molecule has 0 amide bonds. The van der Waals surface area contributed by atoms with Crippen LogP contribution in [0.2, 0.25) is 0 Å². The summed E-state index contributed by atoms with van der Waals surface area (Å²) in [6.45, 7) is 14.6. The van der Waals surface area contributed by atoms with Crippen molar-refractivity contribution >= 4 is 0 Å². The molecule has 0 radical (unpaired) electrons. The Morgan fingerprint density at radius 1 is 1.29 bits per heavy atom. The number of rotatable bonds is 2. The Morgan fingerprint density at radius 3 is 2.59 bits per heavy atom. The zero-order valence-corrected chi connectivity index (χ0v) is 12.0. The largest absolute Gasteiger partial charge is 0.371 e. The molecule has 100 valence electrons. The molecule has 2 unspecified atom stereocenters. The van der Waals surface area contributed by atoms with E-state index < -0.39 is 0 Å². The van der Waals surface area contributed by atoms with E-state index in [9.17, 15) is 0 Å². The average Bonchev–Trinajstić information content (AvgIpc) is 2.52. The summed E-state index contributed by atoms with van der Waals surface area (Å²) < 4.78 is 6.11. The van der Waals surface area contributed by atoms with E-state index in [1.807, 2.05) is 0 Å². The van der Waals surface area contributed by atoms with Gasteiger partial charge in [0.1, 0.15) is 0 Å². The number of nitrogens with zero attached hydrogens (tertiary/aromatic N) is 1. The summed E-state index contributed by atoms with van der Waals surface area (Å²) in [5.74, 6) is 0. The molecule has 2 aliphatic rings. The zero-order valence-electron chi connectivity index (χ0n) is 12.0. The maximum Gasteiger partial charge on any atom is 0.0710 e. The van der Waals surface area contributed by atoms with Gasteiger partial charge in [0.25, 0.3) is 0 Å². The minimum Gasteiger partial charge on any atom is -0.371 e. The molecule has 2 saturated heterocycles. The molecular weight excluding hydrogens is 212 g/mol. The van der Waals surface area contributed by atoms with Crippen LogP contribution in [0.3, 0.4) is 0 Å². The minimum atomic E-state index is 0.0947. The first-order valence-corrected chi connectivity index (χ1v) is 6.94. The molecule has 2 fully saturated rings. The van der Waals surface area contributed by atoms with Gasteiger partial charge in [0.2, 0.25) is 0 Å². The Morgan fingerprint density at radius 2 is 2.00 bits per heavy atom. The van der Waals surface area contributed by atoms with Crippen molar-refractivity contribution in [1.82, 2.24) is 10.2 Å². The zero-order chi connectivity index (χ0) is 12.7. The molecule has 1 N–H and O–H groups in total. The first kappa shape index (κ1) is 13.3. The number of piperazine rings is 1. The molecule has 0 saturated carbocycles. The third-order valence-electron chi connectivity index (χ3n) is 4.09. The van der Waals surface area contributed by atoms with Crippen molar-refractivity contribution in [3.63, 3.8) is 0 Å². The smallest absolute Gasteiger partial charge is 0.0710 e. The molecule has 0 aromatic heterocycles. The molecular formula is C14H28N2O. The van der Waals surface area contributed by atoms with Crippen LogP contribution in [-0.4, -0.2) is 47.8 Å². The molecule has 17 heavy (non-hydrogen) atoms. The van der Waals surface area contributed by atoms with Crippen molar-refractivity contribution in [2.45, 2.75) is 70.7 Å². The summed E-state index contributed by atoms with van der Waals surface area (Å²) in [4.78, 5) is 2.59. The Labute approximate surface area is 106 Å². The maximum absolute atomic E-state index is 6.11. The molecule has 2 rings (SSSR count). The van der Waals surface area contributed by atoms with Crippen LogP contribution >= 0.6 is 0 Å². The van der Waals surface area contributed by atoms with Gasteiger partial charge in [-0.1, -0.05) is 0 Å². The van der Waals surface area contributed by atoms with Crippen LogP contribution in [-0.2, 0) is 4.74 Å². The Kier molecular flexibility index (Phi) is 3.54. The van der Waals surface area contributed by atoms with Crippen LogP contribution in [0.1, 0.15) is 47.5 Å². The van der Waals surface area contributed by atoms with Gasteiger partial charge >= 0.3 is 0 Å². The lowest BCUT2D eigenvalue weighted by Crippen LogP contribution is -2.61. The van der Waals surface area contributed by atoms with Crippen molar-refractivity contribution in [2.75, 3.05) is 19.6 Å². The van der Waals surface area contributed by atoms with Crippen molar-refractivity contribution in [2.24, 2.45) is 0 Å². The molecule has 2 atom stereocenters. The normalized spacial score (nSPS) is 37.2. The summed E-state index contributed by atoms with van der Waals surface area (Å²) in [5.41, 5.74) is 0.331. The monoisotopic (exact) mass is 240 g/mol. The lowest BCUT2D eigenvalue weighted by atomic mass is 9.98. The van der Waals surface area contributed by atoms with Gasteiger partial charge in [-0.05, 0) is 47.5 Å². The van der Waals surface area contributed by atoms with Crippen LogP contribution < -0.4 is 5.32 Å². The highest BCUT2D eigenvalue weighted by Gasteiger charge is 2.36. The summed E-state index contributed by atoms with van der Waals surface area (Å²) in [6, 6.07) is 0.621. The van der Waals surface area contributed by atoms with Gasteiger partial charge in [0, 0.05) is 31.2 Å². The summed E-state index contributed by atoms with van der Waals surface area (Å²) in [5, 5.41) is 3.60. The van der Waals surface area contributed by atoms with Gasteiger partial charge in [-0.15, -0.1) is 0 Å². The second-order valence-corrected chi connectivity index (χ2v) is 7.08. The van der Waals surface area contributed by atoms with Gasteiger partial charge in [-0.2, -0.15) is 0 Å². The standard InChI is InChI=1S/C14H28N2O/c1-11-8-15-13(2,3)10-16(11)9-12-6-7-14(4,5)17-12/h11-12,15H,6-10H2,1-5H3. The minimum absolute atomic E-state index is 0.0947. The van der Waals surface area contributed by atoms with Crippen molar-refractivity contribution in [1.29, 1.82) is 0 Å². The quantitative estimate of drug-likeness (QED) is 0.799. The first-order chi connectivity index (χ1) is 7.77. The fourth-order valence-electron chi connectivity index (χ4n) is 2.98. The van der Waals surface area contributed by atoms with Crippen molar-refractivity contribution in [3.8, 4) is 0 Å². The van der Waals surface area contributed by atoms with Gasteiger partial charge in [0.15, 0.2) is 0 Å². The molecule has 2 heterocycles. The van der Waals surface area contributed by atoms with Crippen LogP contribution in [0.4, 0.5) is 0 Å². The highest BCUT2D eigenvalue weighted by atomic mass is 16.5. The molecule has 0 bridgehead atoms.